The second kappa shape index (κ2) is 10.5. The minimum atomic E-state index is -0.878. The van der Waals surface area contributed by atoms with Crippen molar-refractivity contribution in [2.45, 2.75) is 52.2 Å². The van der Waals surface area contributed by atoms with E-state index in [1.54, 1.807) is 11.6 Å². The molecule has 0 saturated carbocycles. The topological polar surface area (TPSA) is 103 Å². The molecule has 32 heavy (non-hydrogen) atoms. The summed E-state index contributed by atoms with van der Waals surface area (Å²) in [5, 5.41) is 13.9. The normalized spacial score (nSPS) is 12.3. The van der Waals surface area contributed by atoms with E-state index >= 15 is 0 Å². The summed E-state index contributed by atoms with van der Waals surface area (Å²) >= 11 is 0. The molecular weight excluding hydrogens is 410 g/mol. The van der Waals surface area contributed by atoms with Gasteiger partial charge in [0, 0.05) is 20.6 Å². The smallest absolute Gasteiger partial charge is 0.332 e. The van der Waals surface area contributed by atoms with Gasteiger partial charge in [-0.2, -0.15) is 4.98 Å². The third-order valence-electron chi connectivity index (χ3n) is 5.52. The highest BCUT2D eigenvalue weighted by molar-refractivity contribution is 5.74. The van der Waals surface area contributed by atoms with Crippen LogP contribution in [0, 0.1) is 6.92 Å². The van der Waals surface area contributed by atoms with Crippen LogP contribution in [0.4, 0.5) is 5.95 Å². The van der Waals surface area contributed by atoms with E-state index in [1.165, 1.54) is 11.6 Å². The van der Waals surface area contributed by atoms with E-state index in [4.69, 9.17) is 4.74 Å². The van der Waals surface area contributed by atoms with E-state index in [0.717, 1.165) is 35.8 Å². The zero-order chi connectivity index (χ0) is 23.3. The fourth-order valence-corrected chi connectivity index (χ4v) is 3.60. The highest BCUT2D eigenvalue weighted by atomic mass is 16.5. The van der Waals surface area contributed by atoms with E-state index < -0.39 is 17.4 Å². The van der Waals surface area contributed by atoms with E-state index in [0.29, 0.717) is 23.9 Å². The number of aliphatic hydroxyl groups is 1. The van der Waals surface area contributed by atoms with Gasteiger partial charge in [0.1, 0.15) is 18.5 Å². The van der Waals surface area contributed by atoms with Crippen LogP contribution >= 0.6 is 0 Å². The lowest BCUT2D eigenvalue weighted by molar-refractivity contribution is 0.0938. The van der Waals surface area contributed by atoms with E-state index in [-0.39, 0.29) is 18.7 Å². The van der Waals surface area contributed by atoms with Crippen LogP contribution in [0.25, 0.3) is 11.2 Å². The number of imidazole rings is 1. The number of rotatable bonds is 11. The number of nitrogens with one attached hydrogen (secondary N) is 1. The van der Waals surface area contributed by atoms with Gasteiger partial charge in [-0.1, -0.05) is 43.9 Å². The van der Waals surface area contributed by atoms with Crippen LogP contribution in [-0.2, 0) is 20.6 Å². The summed E-state index contributed by atoms with van der Waals surface area (Å²) in [4.78, 5) is 29.8. The van der Waals surface area contributed by atoms with Crippen molar-refractivity contribution in [2.24, 2.45) is 14.1 Å². The molecule has 0 radical (unpaired) electrons. The maximum atomic E-state index is 12.9. The van der Waals surface area contributed by atoms with Gasteiger partial charge in [0.15, 0.2) is 11.2 Å². The molecule has 9 heteroatoms. The van der Waals surface area contributed by atoms with Gasteiger partial charge in [-0.25, -0.2) is 4.79 Å². The van der Waals surface area contributed by atoms with Crippen molar-refractivity contribution in [3.05, 3.63) is 50.7 Å². The molecule has 0 saturated heterocycles. The molecule has 0 spiro atoms. The number of fused-ring (bicyclic) bond motifs is 1. The lowest BCUT2D eigenvalue weighted by Gasteiger charge is -2.16. The molecule has 2 heterocycles. The zero-order valence-electron chi connectivity index (χ0n) is 19.3. The molecule has 1 unspecified atom stereocenters. The Balaban J connectivity index is 1.86. The molecule has 2 N–H and O–H groups in total. The van der Waals surface area contributed by atoms with Gasteiger partial charge in [0.25, 0.3) is 5.56 Å². The van der Waals surface area contributed by atoms with Crippen LogP contribution in [0.3, 0.4) is 0 Å². The number of aryl methyl sites for hydroxylation is 2. The lowest BCUT2D eigenvalue weighted by atomic mass is 10.2. The zero-order valence-corrected chi connectivity index (χ0v) is 19.3. The average Bonchev–Trinajstić information content (AvgIpc) is 3.14. The molecular formula is C23H33N5O4. The predicted octanol–water partition coefficient (Wildman–Crippen LogP) is 2.17. The first-order chi connectivity index (χ1) is 15.3. The van der Waals surface area contributed by atoms with Crippen LogP contribution in [0.2, 0.25) is 0 Å². The lowest BCUT2D eigenvalue weighted by Crippen LogP contribution is -2.38. The first-order valence-electron chi connectivity index (χ1n) is 11.1. The van der Waals surface area contributed by atoms with Gasteiger partial charge in [-0.3, -0.25) is 13.9 Å². The minimum absolute atomic E-state index is 0.0603. The first-order valence-corrected chi connectivity index (χ1v) is 11.1. The van der Waals surface area contributed by atoms with E-state index in [2.05, 4.69) is 17.2 Å². The molecule has 0 aliphatic rings. The highest BCUT2D eigenvalue weighted by Crippen LogP contribution is 2.18. The largest absolute Gasteiger partial charge is 0.491 e. The van der Waals surface area contributed by atoms with Gasteiger partial charge in [-0.05, 0) is 25.5 Å². The molecule has 174 valence electrons. The number of ether oxygens (including phenoxy) is 1. The molecule has 9 nitrogen and oxygen atoms in total. The molecule has 3 rings (SSSR count). The van der Waals surface area contributed by atoms with Crippen molar-refractivity contribution in [1.29, 1.82) is 0 Å². The number of unbranched alkanes of at least 4 members (excludes halogenated alkanes) is 3. The van der Waals surface area contributed by atoms with Gasteiger partial charge in [0.05, 0.1) is 6.54 Å². The molecule has 1 aromatic carbocycles. The standard InChI is InChI=1S/C23H33N5O4/c1-5-6-7-8-13-24-22-25-20-19(21(30)27(4)23(31)26(20)3)28(22)14-17(29)15-32-18-11-9-16(2)10-12-18/h9-12,17,29H,5-8,13-15H2,1-4H3,(H,24,25). The maximum absolute atomic E-state index is 12.9. The molecule has 0 aliphatic heterocycles. The number of aliphatic hydroxyl groups excluding tert-OH is 1. The average molecular weight is 444 g/mol. The Morgan fingerprint density at radius 2 is 1.81 bits per heavy atom. The van der Waals surface area contributed by atoms with Gasteiger partial charge >= 0.3 is 5.69 Å². The number of aromatic nitrogens is 4. The minimum Gasteiger partial charge on any atom is -0.491 e. The molecule has 0 bridgehead atoms. The fraction of sp³-hybridized carbons (Fsp3) is 0.522. The SMILES string of the molecule is CCCCCCNc1nc2c(c(=O)n(C)c(=O)n2C)n1CC(O)COc1ccc(C)cc1. The Kier molecular flexibility index (Phi) is 7.74. The second-order valence-corrected chi connectivity index (χ2v) is 8.19. The third kappa shape index (κ3) is 5.21. The summed E-state index contributed by atoms with van der Waals surface area (Å²) in [5.74, 6) is 1.13. The number of hydrogen-bond donors (Lipinski definition) is 2. The molecule has 1 atom stereocenters. The number of anilines is 1. The predicted molar refractivity (Wildman–Crippen MR) is 126 cm³/mol. The summed E-state index contributed by atoms with van der Waals surface area (Å²) in [7, 11) is 3.03. The summed E-state index contributed by atoms with van der Waals surface area (Å²) < 4.78 is 9.76. The van der Waals surface area contributed by atoms with Gasteiger partial charge in [-0.15, -0.1) is 0 Å². The van der Waals surface area contributed by atoms with Crippen molar-refractivity contribution >= 4 is 17.1 Å². The highest BCUT2D eigenvalue weighted by Gasteiger charge is 2.21. The second-order valence-electron chi connectivity index (χ2n) is 8.19. The van der Waals surface area contributed by atoms with Crippen LogP contribution in [0.15, 0.2) is 33.9 Å². The third-order valence-corrected chi connectivity index (χ3v) is 5.52. The maximum Gasteiger partial charge on any atom is 0.332 e. The van der Waals surface area contributed by atoms with E-state index in [1.807, 2.05) is 31.2 Å². The Bertz CT molecular complexity index is 1160. The van der Waals surface area contributed by atoms with Crippen LogP contribution in [0.1, 0.15) is 38.2 Å². The van der Waals surface area contributed by atoms with Crippen LogP contribution in [-0.4, -0.2) is 43.0 Å². The summed E-state index contributed by atoms with van der Waals surface area (Å²) in [6, 6.07) is 7.58. The molecule has 3 aromatic rings. The quantitative estimate of drug-likeness (QED) is 0.440. The summed E-state index contributed by atoms with van der Waals surface area (Å²) in [6.07, 6.45) is 3.48. The van der Waals surface area contributed by atoms with Gasteiger partial charge in [0.2, 0.25) is 5.95 Å². The number of nitrogens with zero attached hydrogens (tertiary/aromatic N) is 4. The van der Waals surface area contributed by atoms with Crippen molar-refractivity contribution in [1.82, 2.24) is 18.7 Å². The Morgan fingerprint density at radius 1 is 1.09 bits per heavy atom. The number of hydrogen-bond acceptors (Lipinski definition) is 6. The number of benzene rings is 1. The monoisotopic (exact) mass is 443 g/mol. The summed E-state index contributed by atoms with van der Waals surface area (Å²) in [6.45, 7) is 5.00. The van der Waals surface area contributed by atoms with Crippen LogP contribution in [0.5, 0.6) is 5.75 Å². The Morgan fingerprint density at radius 3 is 2.50 bits per heavy atom. The molecule has 2 aromatic heterocycles. The molecule has 0 fully saturated rings. The molecule has 0 aliphatic carbocycles. The van der Waals surface area contributed by atoms with Crippen LogP contribution < -0.4 is 21.3 Å². The first kappa shape index (κ1) is 23.6. The van der Waals surface area contributed by atoms with Crippen molar-refractivity contribution in [2.75, 3.05) is 18.5 Å². The van der Waals surface area contributed by atoms with Crippen molar-refractivity contribution in [3.8, 4) is 5.75 Å². The van der Waals surface area contributed by atoms with E-state index in [9.17, 15) is 14.7 Å². The van der Waals surface area contributed by atoms with Crippen molar-refractivity contribution < 1.29 is 9.84 Å². The van der Waals surface area contributed by atoms with Gasteiger partial charge < -0.3 is 19.7 Å². The van der Waals surface area contributed by atoms with Crippen molar-refractivity contribution in [3.63, 3.8) is 0 Å². The Labute approximate surface area is 187 Å². The molecule has 0 amide bonds. The summed E-state index contributed by atoms with van der Waals surface area (Å²) in [5.41, 5.74) is 0.811. The fourth-order valence-electron chi connectivity index (χ4n) is 3.60. The Hall–Kier alpha value is -3.07.